The third kappa shape index (κ3) is 4.44. The van der Waals surface area contributed by atoms with Crippen molar-refractivity contribution in [3.05, 3.63) is 41.7 Å². The molecule has 0 radical (unpaired) electrons. The topological polar surface area (TPSA) is 36.4 Å². The Morgan fingerprint density at radius 2 is 2.17 bits per heavy atom. The molecular weight excluding hydrogens is 298 g/mol. The summed E-state index contributed by atoms with van der Waals surface area (Å²) in [6.45, 7) is 8.32. The first-order valence-electron chi connectivity index (χ1n) is 9.16. The lowest BCUT2D eigenvalue weighted by atomic mass is 9.95. The number of nitrogens with zero attached hydrogens (tertiary/aromatic N) is 3. The highest BCUT2D eigenvalue weighted by Crippen LogP contribution is 2.28. The van der Waals surface area contributed by atoms with E-state index in [0.717, 1.165) is 38.2 Å². The summed E-state index contributed by atoms with van der Waals surface area (Å²) in [5.74, 6) is 0.941. The first-order chi connectivity index (χ1) is 11.6. The summed E-state index contributed by atoms with van der Waals surface area (Å²) in [6.07, 6.45) is 9.84. The fourth-order valence-corrected chi connectivity index (χ4v) is 3.86. The predicted octanol–water partition coefficient (Wildman–Crippen LogP) is 2.90. The highest BCUT2D eigenvalue weighted by atomic mass is 16.2. The van der Waals surface area contributed by atoms with Gasteiger partial charge in [0, 0.05) is 51.0 Å². The van der Waals surface area contributed by atoms with Crippen molar-refractivity contribution in [2.24, 2.45) is 5.92 Å². The van der Waals surface area contributed by atoms with E-state index in [0.29, 0.717) is 24.3 Å². The van der Waals surface area contributed by atoms with Crippen LogP contribution in [0, 0.1) is 5.92 Å². The van der Waals surface area contributed by atoms with E-state index >= 15 is 0 Å². The summed E-state index contributed by atoms with van der Waals surface area (Å²) in [6, 6.07) is 4.52. The minimum Gasteiger partial charge on any atom is -0.341 e. The third-order valence-corrected chi connectivity index (χ3v) is 5.26. The third-order valence-electron chi connectivity index (χ3n) is 5.26. The lowest BCUT2D eigenvalue weighted by Gasteiger charge is -2.35. The molecule has 2 atom stereocenters. The van der Waals surface area contributed by atoms with Crippen molar-refractivity contribution in [2.75, 3.05) is 26.2 Å². The number of allylic oxidation sites excluding steroid dienone is 1. The first-order valence-corrected chi connectivity index (χ1v) is 9.16. The molecule has 3 aliphatic rings. The lowest BCUT2D eigenvalue weighted by Crippen LogP contribution is -2.44. The van der Waals surface area contributed by atoms with Crippen LogP contribution in [0.4, 0.5) is 0 Å². The summed E-state index contributed by atoms with van der Waals surface area (Å²) in [4.78, 5) is 21.5. The van der Waals surface area contributed by atoms with Crippen LogP contribution in [0.15, 0.2) is 36.2 Å². The predicted molar refractivity (Wildman–Crippen MR) is 96.7 cm³/mol. The molecule has 3 aliphatic heterocycles. The van der Waals surface area contributed by atoms with E-state index in [2.05, 4.69) is 34.7 Å². The molecule has 4 rings (SSSR count). The number of piperidine rings is 1. The van der Waals surface area contributed by atoms with E-state index in [-0.39, 0.29) is 0 Å². The molecule has 130 valence electrons. The second-order valence-electron chi connectivity index (χ2n) is 7.49. The molecule has 0 aliphatic carbocycles. The molecule has 0 unspecified atom stereocenters. The van der Waals surface area contributed by atoms with Crippen molar-refractivity contribution in [3.8, 4) is 0 Å². The molecule has 24 heavy (non-hydrogen) atoms. The molecule has 1 aromatic heterocycles. The van der Waals surface area contributed by atoms with E-state index in [1.54, 1.807) is 6.20 Å². The molecule has 4 heteroatoms. The van der Waals surface area contributed by atoms with Crippen LogP contribution in [0.1, 0.15) is 38.7 Å². The van der Waals surface area contributed by atoms with Crippen LogP contribution in [0.3, 0.4) is 0 Å². The average Bonchev–Trinajstić information content (AvgIpc) is 2.90. The largest absolute Gasteiger partial charge is 0.341 e. The van der Waals surface area contributed by atoms with Gasteiger partial charge in [0.1, 0.15) is 0 Å². The van der Waals surface area contributed by atoms with Gasteiger partial charge in [-0.1, -0.05) is 17.7 Å². The Bertz CT molecular complexity index is 580. The molecule has 0 spiro atoms. The standard InChI is InChI=1S/C20H29N3O/c1-16(2)9-11-22-13-18-5-7-19(22)15-23(14-18)20(24)8-6-17-4-3-10-21-12-17/h3-4,9-10,12,18-19H,5-8,11,13-15H2,1-2H3/t18-,19-/m0/s1. The Balaban J connectivity index is 1.57. The van der Waals surface area contributed by atoms with Gasteiger partial charge >= 0.3 is 0 Å². The Morgan fingerprint density at radius 1 is 1.29 bits per heavy atom. The van der Waals surface area contributed by atoms with Gasteiger partial charge in [-0.15, -0.1) is 0 Å². The molecule has 2 bridgehead atoms. The molecular formula is C20H29N3O. The van der Waals surface area contributed by atoms with Gasteiger partial charge in [0.25, 0.3) is 0 Å². The molecule has 0 aromatic carbocycles. The Labute approximate surface area is 145 Å². The monoisotopic (exact) mass is 327 g/mol. The zero-order valence-electron chi connectivity index (χ0n) is 14.9. The highest BCUT2D eigenvalue weighted by Gasteiger charge is 2.35. The zero-order valence-corrected chi connectivity index (χ0v) is 14.9. The number of aryl methyl sites for hydroxylation is 1. The minimum absolute atomic E-state index is 0.305. The van der Waals surface area contributed by atoms with Crippen LogP contribution in [0.2, 0.25) is 0 Å². The van der Waals surface area contributed by atoms with Gasteiger partial charge < -0.3 is 4.90 Å². The maximum Gasteiger partial charge on any atom is 0.222 e. The van der Waals surface area contributed by atoms with Crippen molar-refractivity contribution in [3.63, 3.8) is 0 Å². The van der Waals surface area contributed by atoms with Crippen molar-refractivity contribution in [2.45, 2.75) is 45.6 Å². The molecule has 3 saturated heterocycles. The molecule has 3 fully saturated rings. The van der Waals surface area contributed by atoms with Gasteiger partial charge in [0.15, 0.2) is 0 Å². The van der Waals surface area contributed by atoms with Crippen LogP contribution >= 0.6 is 0 Å². The van der Waals surface area contributed by atoms with Crippen LogP contribution in [0.25, 0.3) is 0 Å². The molecule has 0 saturated carbocycles. The summed E-state index contributed by atoms with van der Waals surface area (Å²) in [5.41, 5.74) is 2.52. The molecule has 4 nitrogen and oxygen atoms in total. The highest BCUT2D eigenvalue weighted by molar-refractivity contribution is 5.76. The van der Waals surface area contributed by atoms with Crippen molar-refractivity contribution in [1.82, 2.24) is 14.8 Å². The second-order valence-corrected chi connectivity index (χ2v) is 7.49. The number of carbonyl (C=O) groups is 1. The minimum atomic E-state index is 0.305. The lowest BCUT2D eigenvalue weighted by molar-refractivity contribution is -0.131. The van der Waals surface area contributed by atoms with Crippen LogP contribution in [0.5, 0.6) is 0 Å². The van der Waals surface area contributed by atoms with Crippen LogP contribution < -0.4 is 0 Å². The first kappa shape index (κ1) is 17.2. The van der Waals surface area contributed by atoms with Gasteiger partial charge in [-0.05, 0) is 50.7 Å². The van der Waals surface area contributed by atoms with E-state index in [1.807, 2.05) is 18.3 Å². The van der Waals surface area contributed by atoms with E-state index in [1.165, 1.54) is 18.4 Å². The van der Waals surface area contributed by atoms with Crippen molar-refractivity contribution < 1.29 is 4.79 Å². The molecule has 4 heterocycles. The SMILES string of the molecule is CC(C)=CCN1C[C@@H]2CC[C@H]1CN(C(=O)CCc1cccnc1)C2. The Hall–Kier alpha value is -1.68. The molecule has 0 N–H and O–H groups in total. The van der Waals surface area contributed by atoms with Gasteiger partial charge in [-0.3, -0.25) is 14.7 Å². The number of fused-ring (bicyclic) bond motifs is 4. The fraction of sp³-hybridized carbons (Fsp3) is 0.600. The summed E-state index contributed by atoms with van der Waals surface area (Å²) >= 11 is 0. The maximum absolute atomic E-state index is 12.7. The average molecular weight is 327 g/mol. The Kier molecular flexibility index (Phi) is 5.67. The number of hydrogen-bond donors (Lipinski definition) is 0. The Morgan fingerprint density at radius 3 is 2.92 bits per heavy atom. The van der Waals surface area contributed by atoms with Gasteiger partial charge in [0.05, 0.1) is 0 Å². The second kappa shape index (κ2) is 7.93. The number of carbonyl (C=O) groups excluding carboxylic acids is 1. The van der Waals surface area contributed by atoms with Crippen LogP contribution in [-0.2, 0) is 11.2 Å². The normalized spacial score (nSPS) is 23.8. The zero-order chi connectivity index (χ0) is 16.9. The smallest absolute Gasteiger partial charge is 0.222 e. The van der Waals surface area contributed by atoms with Gasteiger partial charge in [0.2, 0.25) is 5.91 Å². The fourth-order valence-electron chi connectivity index (χ4n) is 3.86. The number of aromatic nitrogens is 1. The van der Waals surface area contributed by atoms with E-state index in [4.69, 9.17) is 0 Å². The van der Waals surface area contributed by atoms with Gasteiger partial charge in [-0.25, -0.2) is 0 Å². The quantitative estimate of drug-likeness (QED) is 0.780. The summed E-state index contributed by atoms with van der Waals surface area (Å²) in [7, 11) is 0. The van der Waals surface area contributed by atoms with E-state index in [9.17, 15) is 4.79 Å². The van der Waals surface area contributed by atoms with Crippen LogP contribution in [-0.4, -0.2) is 52.9 Å². The number of pyridine rings is 1. The number of rotatable bonds is 5. The molecule has 1 amide bonds. The van der Waals surface area contributed by atoms with E-state index < -0.39 is 0 Å². The summed E-state index contributed by atoms with van der Waals surface area (Å²) < 4.78 is 0. The van der Waals surface area contributed by atoms with Gasteiger partial charge in [-0.2, -0.15) is 0 Å². The number of hydrogen-bond acceptors (Lipinski definition) is 3. The van der Waals surface area contributed by atoms with Crippen molar-refractivity contribution >= 4 is 5.91 Å². The molecule has 1 aromatic rings. The number of amides is 1. The summed E-state index contributed by atoms with van der Waals surface area (Å²) in [5, 5.41) is 0. The maximum atomic E-state index is 12.7. The van der Waals surface area contributed by atoms with Crippen molar-refractivity contribution in [1.29, 1.82) is 0 Å².